The molecule has 1 atom stereocenters. The van der Waals surface area contributed by atoms with E-state index in [1.807, 2.05) is 12.1 Å². The van der Waals surface area contributed by atoms with Crippen LogP contribution in [0.5, 0.6) is 0 Å². The Hall–Kier alpha value is -2.04. The third kappa shape index (κ3) is 1.84. The lowest BCUT2D eigenvalue weighted by Crippen LogP contribution is -2.41. The molecule has 2 aromatic rings. The maximum Gasteiger partial charge on any atom is 0.245 e. The monoisotopic (exact) mass is 230 g/mol. The lowest BCUT2D eigenvalue weighted by Gasteiger charge is -2.36. The van der Waals surface area contributed by atoms with Crippen LogP contribution in [0, 0.1) is 0 Å². The van der Waals surface area contributed by atoms with E-state index in [2.05, 4.69) is 39.4 Å². The fraction of sp³-hybridized carbons (Fsp3) is 0.333. The molecule has 0 spiro atoms. The maximum absolute atomic E-state index is 5.08. The zero-order valence-corrected chi connectivity index (χ0v) is 9.63. The van der Waals surface area contributed by atoms with Gasteiger partial charge in [0.1, 0.15) is 0 Å². The van der Waals surface area contributed by atoms with Crippen LogP contribution in [-0.2, 0) is 6.54 Å². The number of rotatable bonds is 2. The van der Waals surface area contributed by atoms with Crippen molar-refractivity contribution in [1.82, 2.24) is 10.1 Å². The van der Waals surface area contributed by atoms with Crippen molar-refractivity contribution >= 4 is 11.4 Å². The summed E-state index contributed by atoms with van der Waals surface area (Å²) in [6, 6.07) is 8.67. The number of anilines is 2. The van der Waals surface area contributed by atoms with Crippen molar-refractivity contribution in [3.05, 3.63) is 36.5 Å². The lowest BCUT2D eigenvalue weighted by molar-refractivity contribution is 0.371. The van der Waals surface area contributed by atoms with Crippen molar-refractivity contribution in [3.63, 3.8) is 0 Å². The topological polar surface area (TPSA) is 54.2 Å². The molecular weight excluding hydrogens is 216 g/mol. The van der Waals surface area contributed by atoms with Crippen molar-refractivity contribution in [2.75, 3.05) is 16.8 Å². The van der Waals surface area contributed by atoms with Gasteiger partial charge in [0.2, 0.25) is 5.89 Å². The SMILES string of the molecule is CC1CNc2ccccc2N1Cc1ncno1. The molecule has 5 nitrogen and oxygen atoms in total. The second-order valence-electron chi connectivity index (χ2n) is 4.21. The predicted molar refractivity (Wildman–Crippen MR) is 64.9 cm³/mol. The van der Waals surface area contributed by atoms with Crippen LogP contribution in [0.15, 0.2) is 35.1 Å². The quantitative estimate of drug-likeness (QED) is 0.853. The first kappa shape index (κ1) is 10.1. The fourth-order valence-corrected chi connectivity index (χ4v) is 2.13. The van der Waals surface area contributed by atoms with Gasteiger partial charge in [0.25, 0.3) is 0 Å². The molecule has 2 heterocycles. The molecule has 88 valence electrons. The summed E-state index contributed by atoms with van der Waals surface area (Å²) in [6.45, 7) is 3.75. The molecule has 1 aromatic carbocycles. The molecule has 0 saturated carbocycles. The lowest BCUT2D eigenvalue weighted by atomic mass is 10.1. The van der Waals surface area contributed by atoms with Gasteiger partial charge in [0.05, 0.1) is 17.9 Å². The summed E-state index contributed by atoms with van der Waals surface area (Å²) in [5.41, 5.74) is 2.34. The number of benzene rings is 1. The van der Waals surface area contributed by atoms with Gasteiger partial charge in [-0.25, -0.2) is 0 Å². The first-order chi connectivity index (χ1) is 8.34. The number of para-hydroxylation sites is 2. The van der Waals surface area contributed by atoms with E-state index in [1.165, 1.54) is 12.0 Å². The van der Waals surface area contributed by atoms with Gasteiger partial charge in [-0.15, -0.1) is 0 Å². The number of hydrogen-bond acceptors (Lipinski definition) is 5. The molecule has 0 bridgehead atoms. The summed E-state index contributed by atoms with van der Waals surface area (Å²) >= 11 is 0. The molecule has 17 heavy (non-hydrogen) atoms. The van der Waals surface area contributed by atoms with Crippen molar-refractivity contribution in [3.8, 4) is 0 Å². The Morgan fingerprint density at radius 1 is 1.47 bits per heavy atom. The molecular formula is C12H14N4O. The summed E-state index contributed by atoms with van der Waals surface area (Å²) in [5, 5.41) is 7.05. The van der Waals surface area contributed by atoms with Crippen molar-refractivity contribution in [2.45, 2.75) is 19.5 Å². The minimum atomic E-state index is 0.400. The molecule has 1 unspecified atom stereocenters. The van der Waals surface area contributed by atoms with Crippen LogP contribution in [0.2, 0.25) is 0 Å². The third-order valence-electron chi connectivity index (χ3n) is 3.05. The Morgan fingerprint density at radius 2 is 2.35 bits per heavy atom. The molecule has 0 amide bonds. The molecule has 0 radical (unpaired) electrons. The maximum atomic E-state index is 5.08. The van der Waals surface area contributed by atoms with Gasteiger partial charge in [0.15, 0.2) is 6.33 Å². The Balaban J connectivity index is 1.92. The minimum Gasteiger partial charge on any atom is -0.381 e. The number of nitrogens with one attached hydrogen (secondary N) is 1. The van der Waals surface area contributed by atoms with Crippen molar-refractivity contribution in [1.29, 1.82) is 0 Å². The Kier molecular flexibility index (Phi) is 2.44. The molecule has 0 fully saturated rings. The first-order valence-corrected chi connectivity index (χ1v) is 5.69. The standard InChI is InChI=1S/C12H14N4O/c1-9-6-13-10-4-2-3-5-11(10)16(9)7-12-14-8-15-17-12/h2-5,8-9,13H,6-7H2,1H3. The Morgan fingerprint density at radius 3 is 3.18 bits per heavy atom. The molecule has 1 N–H and O–H groups in total. The normalized spacial score (nSPS) is 18.6. The summed E-state index contributed by atoms with van der Waals surface area (Å²) in [6.07, 6.45) is 1.44. The number of fused-ring (bicyclic) bond motifs is 1. The van der Waals surface area contributed by atoms with Crippen LogP contribution in [0.1, 0.15) is 12.8 Å². The number of aromatic nitrogens is 2. The highest BCUT2D eigenvalue weighted by Gasteiger charge is 2.23. The highest BCUT2D eigenvalue weighted by Crippen LogP contribution is 2.31. The zero-order chi connectivity index (χ0) is 11.7. The van der Waals surface area contributed by atoms with Gasteiger partial charge in [-0.1, -0.05) is 17.3 Å². The summed E-state index contributed by atoms with van der Waals surface area (Å²) < 4.78 is 5.08. The average molecular weight is 230 g/mol. The summed E-state index contributed by atoms with van der Waals surface area (Å²) in [4.78, 5) is 6.35. The third-order valence-corrected chi connectivity index (χ3v) is 3.05. The summed E-state index contributed by atoms with van der Waals surface area (Å²) in [5.74, 6) is 0.647. The van der Waals surface area contributed by atoms with Gasteiger partial charge < -0.3 is 14.7 Å². The van der Waals surface area contributed by atoms with E-state index >= 15 is 0 Å². The molecule has 5 heteroatoms. The van der Waals surface area contributed by atoms with E-state index in [0.717, 1.165) is 12.2 Å². The molecule has 0 saturated heterocycles. The molecule has 1 aliphatic heterocycles. The molecule has 3 rings (SSSR count). The molecule has 1 aliphatic rings. The second-order valence-corrected chi connectivity index (χ2v) is 4.21. The van der Waals surface area contributed by atoms with E-state index in [4.69, 9.17) is 4.52 Å². The van der Waals surface area contributed by atoms with Gasteiger partial charge in [-0.05, 0) is 19.1 Å². The minimum absolute atomic E-state index is 0.400. The second kappa shape index (κ2) is 4.08. The Labute approximate surface area is 99.4 Å². The fourth-order valence-electron chi connectivity index (χ4n) is 2.13. The predicted octanol–water partition coefficient (Wildman–Crippen LogP) is 1.89. The van der Waals surface area contributed by atoms with Gasteiger partial charge in [0, 0.05) is 12.6 Å². The van der Waals surface area contributed by atoms with Crippen molar-refractivity contribution < 1.29 is 4.52 Å². The smallest absolute Gasteiger partial charge is 0.245 e. The van der Waals surface area contributed by atoms with E-state index in [-0.39, 0.29) is 0 Å². The van der Waals surface area contributed by atoms with Gasteiger partial charge >= 0.3 is 0 Å². The van der Waals surface area contributed by atoms with Crippen LogP contribution in [0.4, 0.5) is 11.4 Å². The van der Waals surface area contributed by atoms with Crippen LogP contribution >= 0.6 is 0 Å². The zero-order valence-electron chi connectivity index (χ0n) is 9.63. The van der Waals surface area contributed by atoms with Gasteiger partial charge in [-0.3, -0.25) is 0 Å². The number of nitrogens with zero attached hydrogens (tertiary/aromatic N) is 3. The Bertz CT molecular complexity index is 497. The van der Waals surface area contributed by atoms with E-state index in [9.17, 15) is 0 Å². The highest BCUT2D eigenvalue weighted by molar-refractivity contribution is 5.72. The van der Waals surface area contributed by atoms with E-state index in [1.54, 1.807) is 0 Å². The van der Waals surface area contributed by atoms with Crippen LogP contribution in [0.25, 0.3) is 0 Å². The van der Waals surface area contributed by atoms with Gasteiger partial charge in [-0.2, -0.15) is 4.98 Å². The van der Waals surface area contributed by atoms with E-state index < -0.39 is 0 Å². The van der Waals surface area contributed by atoms with Crippen molar-refractivity contribution in [2.24, 2.45) is 0 Å². The van der Waals surface area contributed by atoms with Crippen LogP contribution in [-0.4, -0.2) is 22.7 Å². The summed E-state index contributed by atoms with van der Waals surface area (Å²) in [7, 11) is 0. The first-order valence-electron chi connectivity index (χ1n) is 5.69. The van der Waals surface area contributed by atoms with E-state index in [0.29, 0.717) is 18.5 Å². The number of hydrogen-bond donors (Lipinski definition) is 1. The molecule has 0 aliphatic carbocycles. The van der Waals surface area contributed by atoms with Crippen LogP contribution in [0.3, 0.4) is 0 Å². The molecule has 1 aromatic heterocycles. The van der Waals surface area contributed by atoms with Crippen LogP contribution < -0.4 is 10.2 Å². The highest BCUT2D eigenvalue weighted by atomic mass is 16.5. The average Bonchev–Trinajstić information content (AvgIpc) is 2.86. The largest absolute Gasteiger partial charge is 0.381 e.